The first-order chi connectivity index (χ1) is 10.3. The number of primary sulfonamides is 1. The number of nitrogen functional groups attached to an aromatic ring is 1. The van der Waals surface area contributed by atoms with E-state index in [2.05, 4.69) is 20.6 Å². The third-order valence-corrected chi connectivity index (χ3v) is 5.96. The molecule has 1 aliphatic rings. The summed E-state index contributed by atoms with van der Waals surface area (Å²) in [6.45, 7) is 0. The largest absolute Gasteiger partial charge is 0.399 e. The van der Waals surface area contributed by atoms with Gasteiger partial charge in [-0.25, -0.2) is 18.7 Å². The molecule has 1 aromatic heterocycles. The second-order valence-corrected chi connectivity index (χ2v) is 8.39. The van der Waals surface area contributed by atoms with Gasteiger partial charge >= 0.3 is 0 Å². The van der Waals surface area contributed by atoms with Crippen LogP contribution in [-0.2, 0) is 14.2 Å². The maximum atomic E-state index is 11.8. The van der Waals surface area contributed by atoms with E-state index >= 15 is 0 Å². The Morgan fingerprint density at radius 2 is 2.18 bits per heavy atom. The van der Waals surface area contributed by atoms with Crippen LogP contribution in [0, 0.1) is 0 Å². The Balaban J connectivity index is 2.04. The van der Waals surface area contributed by atoms with Crippen LogP contribution in [0.1, 0.15) is 17.8 Å². The molecule has 0 saturated heterocycles. The van der Waals surface area contributed by atoms with Crippen LogP contribution >= 0.6 is 23.4 Å². The van der Waals surface area contributed by atoms with Crippen LogP contribution in [0.5, 0.6) is 0 Å². The van der Waals surface area contributed by atoms with Gasteiger partial charge in [0.25, 0.3) is 0 Å². The number of nitrogens with zero attached hydrogens (tertiary/aromatic N) is 3. The molecule has 0 bridgehead atoms. The number of allylic oxidation sites excluding steroid dienone is 1. The highest BCUT2D eigenvalue weighted by atomic mass is 35.5. The fourth-order valence-electron chi connectivity index (χ4n) is 2.14. The standard InChI is InChI=1S/C11H11ClN6O2S2/c12-11(4-3-8(21-11)10-15-17-18-16-10)7-5-6(13)1-2-9(7)22(14,19)20/h1-3,5H,4,13H2,(H2,14,19,20)(H,15,16,17,18). The summed E-state index contributed by atoms with van der Waals surface area (Å²) in [5.74, 6) is 0.466. The van der Waals surface area contributed by atoms with Crippen molar-refractivity contribution in [3.63, 3.8) is 0 Å². The van der Waals surface area contributed by atoms with E-state index in [1.165, 1.54) is 30.0 Å². The maximum absolute atomic E-state index is 11.8. The maximum Gasteiger partial charge on any atom is 0.238 e. The normalized spacial score (nSPS) is 21.8. The van der Waals surface area contributed by atoms with Crippen molar-refractivity contribution in [1.29, 1.82) is 0 Å². The molecule has 1 atom stereocenters. The summed E-state index contributed by atoms with van der Waals surface area (Å²) in [6.07, 6.45) is 2.21. The Kier molecular flexibility index (Phi) is 3.63. The van der Waals surface area contributed by atoms with Crippen molar-refractivity contribution in [2.75, 3.05) is 5.73 Å². The number of nitrogens with two attached hydrogens (primary N) is 2. The minimum atomic E-state index is -3.92. The van der Waals surface area contributed by atoms with E-state index in [0.29, 0.717) is 23.5 Å². The highest BCUT2D eigenvalue weighted by Gasteiger charge is 2.40. The molecule has 8 nitrogen and oxygen atoms in total. The molecule has 0 saturated carbocycles. The number of alkyl halides is 1. The lowest BCUT2D eigenvalue weighted by molar-refractivity contribution is 0.596. The molecule has 1 aliphatic heterocycles. The molecule has 0 amide bonds. The lowest BCUT2D eigenvalue weighted by Crippen LogP contribution is -2.20. The van der Waals surface area contributed by atoms with E-state index in [1.54, 1.807) is 0 Å². The van der Waals surface area contributed by atoms with Crippen LogP contribution in [0.2, 0.25) is 0 Å². The molecule has 0 radical (unpaired) electrons. The van der Waals surface area contributed by atoms with Crippen LogP contribution < -0.4 is 10.9 Å². The molecular weight excluding hydrogens is 348 g/mol. The lowest BCUT2D eigenvalue weighted by Gasteiger charge is -2.24. The number of tetrazole rings is 1. The molecule has 0 fully saturated rings. The summed E-state index contributed by atoms with van der Waals surface area (Å²) in [7, 11) is -3.92. The molecule has 1 unspecified atom stereocenters. The molecule has 2 aromatic rings. The first kappa shape index (κ1) is 15.3. The van der Waals surface area contributed by atoms with Crippen molar-refractivity contribution in [2.24, 2.45) is 5.14 Å². The number of nitrogens with one attached hydrogen (secondary N) is 1. The number of rotatable bonds is 3. The zero-order chi connectivity index (χ0) is 16.0. The summed E-state index contributed by atoms with van der Waals surface area (Å²) < 4.78 is 22.5. The molecule has 0 aliphatic carbocycles. The van der Waals surface area contributed by atoms with Gasteiger partial charge < -0.3 is 5.73 Å². The van der Waals surface area contributed by atoms with Gasteiger partial charge in [0.1, 0.15) is 4.21 Å². The number of benzene rings is 1. The van der Waals surface area contributed by atoms with Gasteiger partial charge in [-0.1, -0.05) is 17.8 Å². The molecule has 2 heterocycles. The van der Waals surface area contributed by atoms with Gasteiger partial charge in [0.2, 0.25) is 10.0 Å². The molecule has 5 N–H and O–H groups in total. The van der Waals surface area contributed by atoms with Crippen molar-refractivity contribution in [2.45, 2.75) is 15.5 Å². The number of aromatic amines is 1. The van der Waals surface area contributed by atoms with Crippen molar-refractivity contribution >= 4 is 44.0 Å². The van der Waals surface area contributed by atoms with Crippen molar-refractivity contribution < 1.29 is 8.42 Å². The minimum absolute atomic E-state index is 0.0467. The van der Waals surface area contributed by atoms with Crippen LogP contribution in [0.4, 0.5) is 5.69 Å². The van der Waals surface area contributed by atoms with E-state index in [-0.39, 0.29) is 4.90 Å². The fourth-order valence-corrected chi connectivity index (χ4v) is 4.69. The number of thioether (sulfide) groups is 1. The summed E-state index contributed by atoms with van der Waals surface area (Å²) in [5, 5.41) is 18.7. The summed E-state index contributed by atoms with van der Waals surface area (Å²) in [4.78, 5) is 0.678. The monoisotopic (exact) mass is 358 g/mol. The third-order valence-electron chi connectivity index (χ3n) is 3.11. The van der Waals surface area contributed by atoms with E-state index in [0.717, 1.165) is 4.91 Å². The average Bonchev–Trinajstić information content (AvgIpc) is 3.07. The number of halogens is 1. The van der Waals surface area contributed by atoms with Gasteiger partial charge in [-0.3, -0.25) is 0 Å². The summed E-state index contributed by atoms with van der Waals surface area (Å²) >= 11 is 7.88. The minimum Gasteiger partial charge on any atom is -0.399 e. The Bertz CT molecular complexity index is 851. The Morgan fingerprint density at radius 3 is 2.82 bits per heavy atom. The molecule has 0 spiro atoms. The lowest BCUT2D eigenvalue weighted by atomic mass is 10.1. The van der Waals surface area contributed by atoms with Crippen molar-refractivity contribution in [3.8, 4) is 0 Å². The summed E-state index contributed by atoms with van der Waals surface area (Å²) in [6, 6.07) is 4.35. The van der Waals surface area contributed by atoms with E-state index < -0.39 is 14.2 Å². The Labute approximate surface area is 135 Å². The van der Waals surface area contributed by atoms with Gasteiger partial charge in [-0.2, -0.15) is 0 Å². The van der Waals surface area contributed by atoms with Crippen molar-refractivity contribution in [1.82, 2.24) is 20.6 Å². The average molecular weight is 359 g/mol. The number of hydrogen-bond acceptors (Lipinski definition) is 7. The Hall–Kier alpha value is -1.62. The Morgan fingerprint density at radius 1 is 1.41 bits per heavy atom. The number of H-pyrrole nitrogens is 1. The second-order valence-electron chi connectivity index (χ2n) is 4.65. The van der Waals surface area contributed by atoms with Crippen LogP contribution in [0.3, 0.4) is 0 Å². The SMILES string of the molecule is Nc1ccc(S(N)(=O)=O)c(C2(Cl)CC=C(c3nnn[nH]3)S2)c1. The summed E-state index contributed by atoms with van der Waals surface area (Å²) in [5.41, 5.74) is 6.52. The number of aromatic nitrogens is 4. The quantitative estimate of drug-likeness (QED) is 0.549. The first-order valence-electron chi connectivity index (χ1n) is 6.04. The predicted octanol–water partition coefficient (Wildman–Crippen LogP) is 0.999. The van der Waals surface area contributed by atoms with Crippen LogP contribution in [0.15, 0.2) is 29.2 Å². The van der Waals surface area contributed by atoms with Gasteiger partial charge in [0, 0.05) is 11.3 Å². The topological polar surface area (TPSA) is 141 Å². The predicted molar refractivity (Wildman–Crippen MR) is 84.1 cm³/mol. The molecule has 11 heteroatoms. The van der Waals surface area contributed by atoms with Gasteiger partial charge in [0.05, 0.1) is 9.80 Å². The highest BCUT2D eigenvalue weighted by Crippen LogP contribution is 2.56. The van der Waals surface area contributed by atoms with Crippen LogP contribution in [0.25, 0.3) is 4.91 Å². The molecular formula is C11H11ClN6O2S2. The van der Waals surface area contributed by atoms with Gasteiger partial charge in [0.15, 0.2) is 5.82 Å². The third kappa shape index (κ3) is 2.70. The fraction of sp³-hybridized carbons (Fsp3) is 0.182. The van der Waals surface area contributed by atoms with Crippen molar-refractivity contribution in [3.05, 3.63) is 35.7 Å². The zero-order valence-electron chi connectivity index (χ0n) is 11.0. The highest BCUT2D eigenvalue weighted by molar-refractivity contribution is 8.10. The van der Waals surface area contributed by atoms with Gasteiger partial charge in [-0.15, -0.1) is 16.7 Å². The molecule has 116 valence electrons. The van der Waals surface area contributed by atoms with E-state index in [9.17, 15) is 8.42 Å². The van der Waals surface area contributed by atoms with Crippen LogP contribution in [-0.4, -0.2) is 29.0 Å². The first-order valence-corrected chi connectivity index (χ1v) is 8.79. The number of sulfonamides is 1. The van der Waals surface area contributed by atoms with Gasteiger partial charge in [-0.05, 0) is 35.0 Å². The molecule has 22 heavy (non-hydrogen) atoms. The zero-order valence-corrected chi connectivity index (χ0v) is 13.4. The number of hydrogen-bond donors (Lipinski definition) is 3. The van der Waals surface area contributed by atoms with E-state index in [1.807, 2.05) is 6.08 Å². The smallest absolute Gasteiger partial charge is 0.238 e. The second kappa shape index (κ2) is 5.23. The number of anilines is 1. The van der Waals surface area contributed by atoms with E-state index in [4.69, 9.17) is 22.5 Å². The molecule has 3 rings (SSSR count). The molecule has 1 aromatic carbocycles.